The standard InChI is InChI=1S/C16H23N3/c1-3-11-19-14-9-5-4-8-13(14)18-16(19)15-12(2)7-6-10-17-15/h4-5,8-9,12,15,17H,3,6-7,10-11H2,1-2H3. The van der Waals surface area contributed by atoms with Crippen molar-refractivity contribution in [2.24, 2.45) is 5.92 Å². The van der Waals surface area contributed by atoms with Gasteiger partial charge in [-0.25, -0.2) is 4.98 Å². The number of hydrogen-bond donors (Lipinski definition) is 1. The third-order valence-electron chi connectivity index (χ3n) is 4.18. The maximum Gasteiger partial charge on any atom is 0.127 e. The predicted molar refractivity (Wildman–Crippen MR) is 79.2 cm³/mol. The average Bonchev–Trinajstić information content (AvgIpc) is 2.79. The molecule has 1 aliphatic heterocycles. The van der Waals surface area contributed by atoms with Crippen molar-refractivity contribution >= 4 is 11.0 Å². The summed E-state index contributed by atoms with van der Waals surface area (Å²) in [7, 11) is 0. The third kappa shape index (κ3) is 2.27. The number of para-hydroxylation sites is 2. The number of rotatable bonds is 3. The number of aryl methyl sites for hydroxylation is 1. The summed E-state index contributed by atoms with van der Waals surface area (Å²) in [5.41, 5.74) is 2.41. The molecule has 1 aliphatic rings. The fourth-order valence-corrected chi connectivity index (χ4v) is 3.19. The molecule has 0 radical (unpaired) electrons. The molecular formula is C16H23N3. The van der Waals surface area contributed by atoms with Crippen molar-refractivity contribution < 1.29 is 0 Å². The Balaban J connectivity index is 2.08. The topological polar surface area (TPSA) is 29.9 Å². The molecular weight excluding hydrogens is 234 g/mol. The van der Waals surface area contributed by atoms with Gasteiger partial charge in [-0.2, -0.15) is 0 Å². The van der Waals surface area contributed by atoms with Crippen LogP contribution in [0.15, 0.2) is 24.3 Å². The molecule has 0 amide bonds. The van der Waals surface area contributed by atoms with Crippen molar-refractivity contribution in [3.8, 4) is 0 Å². The highest BCUT2D eigenvalue weighted by atomic mass is 15.1. The van der Waals surface area contributed by atoms with Crippen molar-refractivity contribution in [2.45, 2.75) is 45.7 Å². The van der Waals surface area contributed by atoms with Gasteiger partial charge >= 0.3 is 0 Å². The van der Waals surface area contributed by atoms with Crippen LogP contribution in [0.2, 0.25) is 0 Å². The molecule has 0 aliphatic carbocycles. The minimum Gasteiger partial charge on any atom is -0.327 e. The molecule has 2 unspecified atom stereocenters. The van der Waals surface area contributed by atoms with Crippen molar-refractivity contribution in [1.29, 1.82) is 0 Å². The highest BCUT2D eigenvalue weighted by molar-refractivity contribution is 5.76. The van der Waals surface area contributed by atoms with Crippen molar-refractivity contribution in [1.82, 2.24) is 14.9 Å². The maximum absolute atomic E-state index is 4.91. The van der Waals surface area contributed by atoms with Crippen LogP contribution in [0.3, 0.4) is 0 Å². The fourth-order valence-electron chi connectivity index (χ4n) is 3.19. The predicted octanol–water partition coefficient (Wildman–Crippen LogP) is 3.51. The summed E-state index contributed by atoms with van der Waals surface area (Å²) in [6.07, 6.45) is 3.73. The van der Waals surface area contributed by atoms with Crippen molar-refractivity contribution in [3.63, 3.8) is 0 Å². The van der Waals surface area contributed by atoms with Crippen molar-refractivity contribution in [3.05, 3.63) is 30.1 Å². The van der Waals surface area contributed by atoms with Gasteiger partial charge in [0.25, 0.3) is 0 Å². The lowest BCUT2D eigenvalue weighted by molar-refractivity contribution is 0.288. The molecule has 1 aromatic carbocycles. The number of nitrogens with one attached hydrogen (secondary N) is 1. The van der Waals surface area contributed by atoms with E-state index < -0.39 is 0 Å². The number of fused-ring (bicyclic) bond motifs is 1. The quantitative estimate of drug-likeness (QED) is 0.912. The molecule has 1 N–H and O–H groups in total. The first-order valence-electron chi connectivity index (χ1n) is 7.49. The Kier molecular flexibility index (Phi) is 3.56. The third-order valence-corrected chi connectivity index (χ3v) is 4.18. The minimum absolute atomic E-state index is 0.410. The zero-order valence-corrected chi connectivity index (χ0v) is 11.9. The normalized spacial score (nSPS) is 23.9. The molecule has 3 nitrogen and oxygen atoms in total. The lowest BCUT2D eigenvalue weighted by Crippen LogP contribution is -2.34. The van der Waals surface area contributed by atoms with Crippen molar-refractivity contribution in [2.75, 3.05) is 6.54 Å². The lowest BCUT2D eigenvalue weighted by Gasteiger charge is -2.30. The highest BCUT2D eigenvalue weighted by Gasteiger charge is 2.27. The first-order valence-corrected chi connectivity index (χ1v) is 7.49. The summed E-state index contributed by atoms with van der Waals surface area (Å²) >= 11 is 0. The molecule has 3 rings (SSSR count). The summed E-state index contributed by atoms with van der Waals surface area (Å²) in [4.78, 5) is 4.91. The maximum atomic E-state index is 4.91. The van der Waals surface area contributed by atoms with Crippen LogP contribution >= 0.6 is 0 Å². The summed E-state index contributed by atoms with van der Waals surface area (Å²) < 4.78 is 2.41. The first kappa shape index (κ1) is 12.7. The molecule has 1 saturated heterocycles. The van der Waals surface area contributed by atoms with Gasteiger partial charge in [-0.05, 0) is 43.9 Å². The molecule has 19 heavy (non-hydrogen) atoms. The van der Waals surface area contributed by atoms with E-state index >= 15 is 0 Å². The number of nitrogens with zero attached hydrogens (tertiary/aromatic N) is 2. The Morgan fingerprint density at radius 2 is 2.21 bits per heavy atom. The molecule has 0 saturated carbocycles. The van der Waals surface area contributed by atoms with Gasteiger partial charge in [0.05, 0.1) is 17.1 Å². The second-order valence-corrected chi connectivity index (χ2v) is 5.66. The molecule has 2 heterocycles. The molecule has 0 bridgehead atoms. The number of imidazole rings is 1. The average molecular weight is 257 g/mol. The van der Waals surface area contributed by atoms with Crippen LogP contribution < -0.4 is 5.32 Å². The molecule has 102 valence electrons. The number of aromatic nitrogens is 2. The van der Waals surface area contributed by atoms with Crippen LogP contribution in [0, 0.1) is 5.92 Å². The van der Waals surface area contributed by atoms with E-state index in [0.717, 1.165) is 25.0 Å². The number of hydrogen-bond acceptors (Lipinski definition) is 2. The molecule has 2 atom stereocenters. The molecule has 1 aromatic heterocycles. The van der Waals surface area contributed by atoms with Gasteiger partial charge in [0.1, 0.15) is 5.82 Å². The number of benzene rings is 1. The van der Waals surface area contributed by atoms with Gasteiger partial charge in [-0.3, -0.25) is 0 Å². The van der Waals surface area contributed by atoms with E-state index in [4.69, 9.17) is 4.98 Å². The second kappa shape index (κ2) is 5.33. The largest absolute Gasteiger partial charge is 0.327 e. The monoisotopic (exact) mass is 257 g/mol. The SMILES string of the molecule is CCCn1c(C2NCCCC2C)nc2ccccc21. The zero-order chi connectivity index (χ0) is 13.2. The van der Waals surface area contributed by atoms with Crippen LogP contribution in [-0.4, -0.2) is 16.1 Å². The Morgan fingerprint density at radius 3 is 3.00 bits per heavy atom. The minimum atomic E-state index is 0.410. The summed E-state index contributed by atoms with van der Waals surface area (Å²) in [6, 6.07) is 8.91. The van der Waals surface area contributed by atoms with E-state index in [1.807, 2.05) is 0 Å². The highest BCUT2D eigenvalue weighted by Crippen LogP contribution is 2.30. The lowest BCUT2D eigenvalue weighted by atomic mass is 9.92. The summed E-state index contributed by atoms with van der Waals surface area (Å²) in [6.45, 7) is 6.74. The van der Waals surface area contributed by atoms with Crippen LogP contribution in [0.1, 0.15) is 45.0 Å². The molecule has 1 fully saturated rings. The second-order valence-electron chi connectivity index (χ2n) is 5.66. The van der Waals surface area contributed by atoms with Crippen LogP contribution in [0.5, 0.6) is 0 Å². The molecule has 3 heteroatoms. The fraction of sp³-hybridized carbons (Fsp3) is 0.562. The Labute approximate surface area is 115 Å². The van der Waals surface area contributed by atoms with E-state index in [9.17, 15) is 0 Å². The van der Waals surface area contributed by atoms with E-state index in [0.29, 0.717) is 12.0 Å². The molecule has 2 aromatic rings. The van der Waals surface area contributed by atoms with Gasteiger partial charge in [-0.15, -0.1) is 0 Å². The van der Waals surface area contributed by atoms with Gasteiger partial charge in [0, 0.05) is 6.54 Å². The Morgan fingerprint density at radius 1 is 1.37 bits per heavy atom. The molecule has 0 spiro atoms. The summed E-state index contributed by atoms with van der Waals surface area (Å²) in [5.74, 6) is 1.90. The van der Waals surface area contributed by atoms with Gasteiger partial charge < -0.3 is 9.88 Å². The van der Waals surface area contributed by atoms with E-state index in [-0.39, 0.29) is 0 Å². The van der Waals surface area contributed by atoms with E-state index in [1.54, 1.807) is 0 Å². The Hall–Kier alpha value is -1.35. The first-order chi connectivity index (χ1) is 9.31. The van der Waals surface area contributed by atoms with E-state index in [2.05, 4.69) is 48.0 Å². The summed E-state index contributed by atoms with van der Waals surface area (Å²) in [5, 5.41) is 3.66. The zero-order valence-electron chi connectivity index (χ0n) is 11.9. The van der Waals surface area contributed by atoms with Crippen LogP contribution in [0.25, 0.3) is 11.0 Å². The van der Waals surface area contributed by atoms with E-state index in [1.165, 1.54) is 24.2 Å². The van der Waals surface area contributed by atoms with Gasteiger partial charge in [0.15, 0.2) is 0 Å². The smallest absolute Gasteiger partial charge is 0.127 e. The van der Waals surface area contributed by atoms with Gasteiger partial charge in [-0.1, -0.05) is 26.0 Å². The van der Waals surface area contributed by atoms with Crippen LogP contribution in [0.4, 0.5) is 0 Å². The van der Waals surface area contributed by atoms with Gasteiger partial charge in [0.2, 0.25) is 0 Å². The Bertz CT molecular complexity index is 558. The van der Waals surface area contributed by atoms with Crippen LogP contribution in [-0.2, 0) is 6.54 Å². The number of piperidine rings is 1.